The van der Waals surface area contributed by atoms with Gasteiger partial charge in [0.25, 0.3) is 0 Å². The molecule has 122 valence electrons. The Morgan fingerprint density at radius 1 is 1.04 bits per heavy atom. The molecule has 0 unspecified atom stereocenters. The second-order valence-electron chi connectivity index (χ2n) is 5.44. The molecule has 0 amide bonds. The van der Waals surface area contributed by atoms with E-state index in [1.165, 1.54) is 19.1 Å². The molecule has 0 aliphatic rings. The number of carbonyl (C=O) groups is 1. The predicted molar refractivity (Wildman–Crippen MR) is 88.8 cm³/mol. The molecule has 1 atom stereocenters. The van der Waals surface area contributed by atoms with Gasteiger partial charge in [-0.25, -0.2) is 13.2 Å². The minimum absolute atomic E-state index is 0.0995. The molecular weight excluding hydrogens is 312 g/mol. The molecule has 0 saturated heterocycles. The number of hydrogen-bond acceptors (Lipinski definition) is 4. The van der Waals surface area contributed by atoms with Gasteiger partial charge in [0.15, 0.2) is 14.6 Å². The van der Waals surface area contributed by atoms with E-state index in [9.17, 15) is 13.2 Å². The molecule has 0 aliphatic heterocycles. The average Bonchev–Trinajstić information content (AvgIpc) is 2.55. The summed E-state index contributed by atoms with van der Waals surface area (Å²) in [5.41, 5.74) is 1.33. The van der Waals surface area contributed by atoms with E-state index in [2.05, 4.69) is 0 Å². The van der Waals surface area contributed by atoms with Crippen molar-refractivity contribution in [1.29, 1.82) is 0 Å². The van der Waals surface area contributed by atoms with Gasteiger partial charge >= 0.3 is 5.97 Å². The van der Waals surface area contributed by atoms with Gasteiger partial charge in [-0.3, -0.25) is 0 Å². The molecular formula is C18H20O4S. The lowest BCUT2D eigenvalue weighted by atomic mass is 10.0. The van der Waals surface area contributed by atoms with E-state index >= 15 is 0 Å². The number of ether oxygens (including phenoxy) is 1. The summed E-state index contributed by atoms with van der Waals surface area (Å²) in [4.78, 5) is 12.7. The maximum absolute atomic E-state index is 13.2. The van der Waals surface area contributed by atoms with Crippen LogP contribution in [-0.4, -0.2) is 21.0 Å². The molecule has 0 N–H and O–H groups in total. The largest absolute Gasteiger partial charge is 0.465 e. The molecule has 0 bridgehead atoms. The average molecular weight is 332 g/mol. The first kappa shape index (κ1) is 17.2. The Kier molecular flexibility index (Phi) is 4.90. The summed E-state index contributed by atoms with van der Waals surface area (Å²) in [6, 6.07) is 14.9. The van der Waals surface area contributed by atoms with Crippen molar-refractivity contribution in [3.63, 3.8) is 0 Å². The Bertz CT molecular complexity index is 780. The third kappa shape index (κ3) is 3.01. The zero-order valence-electron chi connectivity index (χ0n) is 13.4. The van der Waals surface area contributed by atoms with Crippen molar-refractivity contribution in [2.75, 3.05) is 6.61 Å². The van der Waals surface area contributed by atoms with Crippen molar-refractivity contribution in [3.8, 4) is 0 Å². The van der Waals surface area contributed by atoms with Crippen molar-refractivity contribution in [1.82, 2.24) is 0 Å². The minimum Gasteiger partial charge on any atom is -0.465 e. The van der Waals surface area contributed by atoms with Crippen molar-refractivity contribution < 1.29 is 17.9 Å². The van der Waals surface area contributed by atoms with Gasteiger partial charge in [-0.05, 0) is 38.5 Å². The lowest BCUT2D eigenvalue weighted by Gasteiger charge is -2.27. The van der Waals surface area contributed by atoms with Crippen LogP contribution in [0.4, 0.5) is 0 Å². The highest BCUT2D eigenvalue weighted by molar-refractivity contribution is 7.93. The second kappa shape index (κ2) is 6.54. The van der Waals surface area contributed by atoms with E-state index in [1.807, 2.05) is 6.92 Å². The van der Waals surface area contributed by atoms with E-state index in [1.54, 1.807) is 49.4 Å². The van der Waals surface area contributed by atoms with Crippen LogP contribution in [0, 0.1) is 6.92 Å². The molecule has 2 rings (SSSR count). The van der Waals surface area contributed by atoms with Gasteiger partial charge in [-0.1, -0.05) is 48.0 Å². The summed E-state index contributed by atoms with van der Waals surface area (Å²) < 4.78 is 29.6. The third-order valence-electron chi connectivity index (χ3n) is 3.86. The van der Waals surface area contributed by atoms with Crippen molar-refractivity contribution in [2.45, 2.75) is 30.4 Å². The standard InChI is InChI=1S/C18H20O4S/c1-4-22-17(19)18(3,15-8-6-5-7-9-15)23(20,21)16-12-10-14(2)11-13-16/h5-13H,4H2,1-3H3/t18-/m1/s1. The van der Waals surface area contributed by atoms with Crippen LogP contribution >= 0.6 is 0 Å². The number of benzene rings is 2. The fourth-order valence-corrected chi connectivity index (χ4v) is 4.05. The van der Waals surface area contributed by atoms with E-state index in [-0.39, 0.29) is 11.5 Å². The Morgan fingerprint density at radius 3 is 2.13 bits per heavy atom. The number of hydrogen-bond donors (Lipinski definition) is 0. The summed E-state index contributed by atoms with van der Waals surface area (Å²) in [5.74, 6) is -0.772. The van der Waals surface area contributed by atoms with Gasteiger partial charge in [0.05, 0.1) is 11.5 Å². The highest BCUT2D eigenvalue weighted by Crippen LogP contribution is 2.36. The normalized spacial score (nSPS) is 14.0. The van der Waals surface area contributed by atoms with Crippen molar-refractivity contribution in [2.24, 2.45) is 0 Å². The van der Waals surface area contributed by atoms with Crippen LogP contribution in [0.2, 0.25) is 0 Å². The van der Waals surface area contributed by atoms with Gasteiger partial charge in [0.1, 0.15) is 0 Å². The van der Waals surface area contributed by atoms with Crippen LogP contribution in [0.25, 0.3) is 0 Å². The number of rotatable bonds is 5. The fraction of sp³-hybridized carbons (Fsp3) is 0.278. The quantitative estimate of drug-likeness (QED) is 0.789. The summed E-state index contributed by atoms with van der Waals surface area (Å²) in [6.07, 6.45) is 0. The number of sulfone groups is 1. The molecule has 0 fully saturated rings. The molecule has 0 saturated carbocycles. The third-order valence-corrected chi connectivity index (χ3v) is 6.23. The Morgan fingerprint density at radius 2 is 1.61 bits per heavy atom. The Balaban J connectivity index is 2.66. The fourth-order valence-electron chi connectivity index (χ4n) is 2.36. The van der Waals surface area contributed by atoms with E-state index in [4.69, 9.17) is 4.74 Å². The maximum atomic E-state index is 13.2. The summed E-state index contributed by atoms with van der Waals surface area (Å²) in [5, 5.41) is 0. The van der Waals surface area contributed by atoms with Crippen LogP contribution in [0.15, 0.2) is 59.5 Å². The van der Waals surface area contributed by atoms with Gasteiger partial charge in [0.2, 0.25) is 0 Å². The molecule has 0 aliphatic carbocycles. The summed E-state index contributed by atoms with van der Waals surface area (Å²) in [6.45, 7) is 5.04. The molecule has 23 heavy (non-hydrogen) atoms. The molecule has 0 aromatic heterocycles. The first-order valence-electron chi connectivity index (χ1n) is 7.38. The smallest absolute Gasteiger partial charge is 0.332 e. The predicted octanol–water partition coefficient (Wildman–Crippen LogP) is 3.25. The van der Waals surface area contributed by atoms with Gasteiger partial charge in [0, 0.05) is 0 Å². The lowest BCUT2D eigenvalue weighted by Crippen LogP contribution is -2.42. The minimum atomic E-state index is -3.97. The van der Waals surface area contributed by atoms with E-state index in [0.29, 0.717) is 5.56 Å². The van der Waals surface area contributed by atoms with E-state index < -0.39 is 20.6 Å². The van der Waals surface area contributed by atoms with Gasteiger partial charge < -0.3 is 4.74 Å². The topological polar surface area (TPSA) is 60.4 Å². The van der Waals surface area contributed by atoms with Gasteiger partial charge in [-0.15, -0.1) is 0 Å². The number of esters is 1. The lowest BCUT2D eigenvalue weighted by molar-refractivity contribution is -0.146. The van der Waals surface area contributed by atoms with E-state index in [0.717, 1.165) is 5.56 Å². The summed E-state index contributed by atoms with van der Waals surface area (Å²) >= 11 is 0. The Labute approximate surface area is 137 Å². The van der Waals surface area contributed by atoms with Crippen LogP contribution in [0.5, 0.6) is 0 Å². The van der Waals surface area contributed by atoms with Crippen LogP contribution in [0.3, 0.4) is 0 Å². The van der Waals surface area contributed by atoms with Crippen LogP contribution in [0.1, 0.15) is 25.0 Å². The number of carbonyl (C=O) groups excluding carboxylic acids is 1. The van der Waals surface area contributed by atoms with Gasteiger partial charge in [-0.2, -0.15) is 0 Å². The first-order valence-corrected chi connectivity index (χ1v) is 8.86. The Hall–Kier alpha value is -2.14. The summed E-state index contributed by atoms with van der Waals surface area (Å²) in [7, 11) is -3.97. The second-order valence-corrected chi connectivity index (χ2v) is 7.73. The zero-order chi connectivity index (χ0) is 17.1. The molecule has 0 radical (unpaired) electrons. The molecule has 0 heterocycles. The number of aryl methyl sites for hydroxylation is 1. The van der Waals surface area contributed by atoms with Crippen LogP contribution in [-0.2, 0) is 24.1 Å². The highest BCUT2D eigenvalue weighted by atomic mass is 32.2. The highest BCUT2D eigenvalue weighted by Gasteiger charge is 2.50. The van der Waals surface area contributed by atoms with Crippen molar-refractivity contribution >= 4 is 15.8 Å². The maximum Gasteiger partial charge on any atom is 0.332 e. The molecule has 4 nitrogen and oxygen atoms in total. The zero-order valence-corrected chi connectivity index (χ0v) is 14.3. The molecule has 2 aromatic carbocycles. The SMILES string of the molecule is CCOC(=O)[C@@](C)(c1ccccc1)S(=O)(=O)c1ccc(C)cc1. The molecule has 2 aromatic rings. The monoisotopic (exact) mass is 332 g/mol. The first-order chi connectivity index (χ1) is 10.8. The molecule has 5 heteroatoms. The van der Waals surface area contributed by atoms with Crippen LogP contribution < -0.4 is 0 Å². The van der Waals surface area contributed by atoms with Crippen molar-refractivity contribution in [3.05, 3.63) is 65.7 Å². The molecule has 0 spiro atoms.